The monoisotopic (exact) mass is 369 g/mol. The zero-order chi connectivity index (χ0) is 16.1. The van der Waals surface area contributed by atoms with E-state index >= 15 is 0 Å². The van der Waals surface area contributed by atoms with Crippen LogP contribution in [0.2, 0.25) is 0 Å². The van der Waals surface area contributed by atoms with Gasteiger partial charge in [0.2, 0.25) is 0 Å². The molecular formula is C15H10BrF2NO3. The van der Waals surface area contributed by atoms with Crippen LogP contribution >= 0.6 is 15.9 Å². The molecule has 0 saturated carbocycles. The summed E-state index contributed by atoms with van der Waals surface area (Å²) in [6, 6.07) is 9.34. The lowest BCUT2D eigenvalue weighted by Gasteiger charge is -2.08. The van der Waals surface area contributed by atoms with Gasteiger partial charge in [0.15, 0.2) is 6.61 Å². The average Bonchev–Trinajstić information content (AvgIpc) is 2.47. The average molecular weight is 370 g/mol. The number of halogens is 3. The molecule has 0 aliphatic heterocycles. The molecule has 0 atom stereocenters. The first-order chi connectivity index (χ1) is 10.5. The topological polar surface area (TPSA) is 55.4 Å². The standard InChI is InChI=1S/C15H10BrF2NO3/c16-11-3-1-2-4-13(11)19-14(20)8-22-15(21)10-6-5-9(17)7-12(10)18/h1-7H,8H2,(H,19,20). The lowest BCUT2D eigenvalue weighted by atomic mass is 10.2. The van der Waals surface area contributed by atoms with Crippen molar-refractivity contribution in [2.45, 2.75) is 0 Å². The van der Waals surface area contributed by atoms with Crippen LogP contribution in [0.4, 0.5) is 14.5 Å². The molecule has 22 heavy (non-hydrogen) atoms. The van der Waals surface area contributed by atoms with Crippen molar-refractivity contribution in [2.24, 2.45) is 0 Å². The van der Waals surface area contributed by atoms with Crippen LogP contribution in [0, 0.1) is 11.6 Å². The molecule has 114 valence electrons. The Morgan fingerprint density at radius 3 is 2.55 bits per heavy atom. The molecule has 0 aliphatic carbocycles. The van der Waals surface area contributed by atoms with E-state index in [-0.39, 0.29) is 0 Å². The molecular weight excluding hydrogens is 360 g/mol. The van der Waals surface area contributed by atoms with Crippen LogP contribution in [-0.4, -0.2) is 18.5 Å². The van der Waals surface area contributed by atoms with Gasteiger partial charge in [-0.05, 0) is 40.2 Å². The molecule has 1 amide bonds. The van der Waals surface area contributed by atoms with Crippen molar-refractivity contribution in [3.05, 3.63) is 64.1 Å². The number of esters is 1. The molecule has 0 spiro atoms. The summed E-state index contributed by atoms with van der Waals surface area (Å²) in [5, 5.41) is 2.52. The highest BCUT2D eigenvalue weighted by Crippen LogP contribution is 2.21. The number of hydrogen-bond acceptors (Lipinski definition) is 3. The van der Waals surface area contributed by atoms with Crippen LogP contribution < -0.4 is 5.32 Å². The van der Waals surface area contributed by atoms with Gasteiger partial charge in [-0.15, -0.1) is 0 Å². The molecule has 1 N–H and O–H groups in total. The van der Waals surface area contributed by atoms with Gasteiger partial charge in [-0.1, -0.05) is 12.1 Å². The number of para-hydroxylation sites is 1. The Kier molecular flexibility index (Phi) is 5.21. The second kappa shape index (κ2) is 7.13. The molecule has 2 aromatic rings. The Balaban J connectivity index is 1.93. The van der Waals surface area contributed by atoms with Gasteiger partial charge in [0, 0.05) is 10.5 Å². The van der Waals surface area contributed by atoms with Crippen LogP contribution in [0.5, 0.6) is 0 Å². The highest BCUT2D eigenvalue weighted by Gasteiger charge is 2.15. The van der Waals surface area contributed by atoms with Crippen LogP contribution in [0.25, 0.3) is 0 Å². The van der Waals surface area contributed by atoms with Crippen molar-refractivity contribution in [1.29, 1.82) is 0 Å². The van der Waals surface area contributed by atoms with Crippen molar-refractivity contribution in [2.75, 3.05) is 11.9 Å². The molecule has 0 heterocycles. The van der Waals surface area contributed by atoms with Crippen molar-refractivity contribution >= 4 is 33.5 Å². The molecule has 0 saturated heterocycles. The summed E-state index contributed by atoms with van der Waals surface area (Å²) in [5.41, 5.74) is 0.0756. The zero-order valence-electron chi connectivity index (χ0n) is 11.1. The molecule has 0 aliphatic rings. The zero-order valence-corrected chi connectivity index (χ0v) is 12.7. The first-order valence-corrected chi connectivity index (χ1v) is 6.93. The quantitative estimate of drug-likeness (QED) is 0.838. The van der Waals surface area contributed by atoms with Gasteiger partial charge in [0.1, 0.15) is 11.6 Å². The van der Waals surface area contributed by atoms with Gasteiger partial charge in [-0.3, -0.25) is 4.79 Å². The van der Waals surface area contributed by atoms with Crippen LogP contribution in [-0.2, 0) is 9.53 Å². The van der Waals surface area contributed by atoms with Gasteiger partial charge < -0.3 is 10.1 Å². The Morgan fingerprint density at radius 2 is 1.86 bits per heavy atom. The van der Waals surface area contributed by atoms with E-state index in [9.17, 15) is 18.4 Å². The third-order valence-corrected chi connectivity index (χ3v) is 3.32. The molecule has 2 aromatic carbocycles. The molecule has 7 heteroatoms. The first-order valence-electron chi connectivity index (χ1n) is 6.14. The highest BCUT2D eigenvalue weighted by molar-refractivity contribution is 9.10. The summed E-state index contributed by atoms with van der Waals surface area (Å²) in [4.78, 5) is 23.3. The number of carbonyl (C=O) groups is 2. The van der Waals surface area contributed by atoms with E-state index in [1.54, 1.807) is 24.3 Å². The third kappa shape index (κ3) is 4.11. The van der Waals surface area contributed by atoms with Gasteiger partial charge in [-0.25, -0.2) is 13.6 Å². The summed E-state index contributed by atoms with van der Waals surface area (Å²) in [5.74, 6) is -3.47. The molecule has 4 nitrogen and oxygen atoms in total. The Labute approximate surface area is 133 Å². The molecule has 0 unspecified atom stereocenters. The number of nitrogens with one attached hydrogen (secondary N) is 1. The molecule has 0 fully saturated rings. The van der Waals surface area contributed by atoms with E-state index in [1.165, 1.54) is 0 Å². The molecule has 0 aromatic heterocycles. The molecule has 2 rings (SSSR count). The molecule has 0 bridgehead atoms. The fraction of sp³-hybridized carbons (Fsp3) is 0.0667. The minimum absolute atomic E-state index is 0.435. The first kappa shape index (κ1) is 16.1. The Bertz CT molecular complexity index is 722. The minimum atomic E-state index is -1.05. The number of anilines is 1. The fourth-order valence-electron chi connectivity index (χ4n) is 1.61. The number of hydrogen-bond donors (Lipinski definition) is 1. The maximum atomic E-state index is 13.4. The summed E-state index contributed by atoms with van der Waals surface area (Å²) >= 11 is 3.25. The predicted octanol–water partition coefficient (Wildman–Crippen LogP) is 3.52. The second-order valence-electron chi connectivity index (χ2n) is 4.23. The third-order valence-electron chi connectivity index (χ3n) is 2.63. The van der Waals surface area contributed by atoms with Gasteiger partial charge in [0.25, 0.3) is 5.91 Å². The van der Waals surface area contributed by atoms with Gasteiger partial charge in [-0.2, -0.15) is 0 Å². The van der Waals surface area contributed by atoms with E-state index in [0.29, 0.717) is 16.2 Å². The van der Waals surface area contributed by atoms with Crippen molar-refractivity contribution < 1.29 is 23.1 Å². The maximum Gasteiger partial charge on any atom is 0.341 e. The summed E-state index contributed by atoms with van der Waals surface area (Å²) in [7, 11) is 0. The predicted molar refractivity (Wildman–Crippen MR) is 79.4 cm³/mol. The van der Waals surface area contributed by atoms with E-state index < -0.39 is 35.7 Å². The Morgan fingerprint density at radius 1 is 1.14 bits per heavy atom. The SMILES string of the molecule is O=C(COC(=O)c1ccc(F)cc1F)Nc1ccccc1Br. The second-order valence-corrected chi connectivity index (χ2v) is 5.08. The summed E-state index contributed by atoms with van der Waals surface area (Å²) < 4.78 is 31.5. The van der Waals surface area contributed by atoms with Gasteiger partial charge >= 0.3 is 5.97 Å². The normalized spacial score (nSPS) is 10.1. The van der Waals surface area contributed by atoms with Crippen molar-refractivity contribution in [3.63, 3.8) is 0 Å². The summed E-state index contributed by atoms with van der Waals surface area (Å²) in [6.07, 6.45) is 0. The largest absolute Gasteiger partial charge is 0.452 e. The maximum absolute atomic E-state index is 13.4. The van der Waals surface area contributed by atoms with Crippen molar-refractivity contribution in [3.8, 4) is 0 Å². The Hall–Kier alpha value is -2.28. The van der Waals surface area contributed by atoms with E-state index in [4.69, 9.17) is 4.74 Å². The fourth-order valence-corrected chi connectivity index (χ4v) is 2.00. The lowest BCUT2D eigenvalue weighted by Crippen LogP contribution is -2.21. The number of rotatable bonds is 4. The van der Waals surface area contributed by atoms with Crippen LogP contribution in [0.1, 0.15) is 10.4 Å². The highest BCUT2D eigenvalue weighted by atomic mass is 79.9. The number of benzene rings is 2. The number of amides is 1. The van der Waals surface area contributed by atoms with E-state index in [0.717, 1.165) is 12.1 Å². The van der Waals surface area contributed by atoms with E-state index in [1.807, 2.05) is 0 Å². The lowest BCUT2D eigenvalue weighted by molar-refractivity contribution is -0.119. The van der Waals surface area contributed by atoms with Crippen LogP contribution in [0.15, 0.2) is 46.9 Å². The minimum Gasteiger partial charge on any atom is -0.452 e. The summed E-state index contributed by atoms with van der Waals surface area (Å²) in [6.45, 7) is -0.586. The smallest absolute Gasteiger partial charge is 0.341 e. The van der Waals surface area contributed by atoms with Crippen LogP contribution in [0.3, 0.4) is 0 Å². The molecule has 0 radical (unpaired) electrons. The number of ether oxygens (including phenoxy) is 1. The number of carbonyl (C=O) groups excluding carboxylic acids is 2. The van der Waals surface area contributed by atoms with Gasteiger partial charge in [0.05, 0.1) is 11.3 Å². The van der Waals surface area contributed by atoms with Crippen molar-refractivity contribution in [1.82, 2.24) is 0 Å². The van der Waals surface area contributed by atoms with E-state index in [2.05, 4.69) is 21.2 Å².